The number of benzene rings is 1. The zero-order valence-electron chi connectivity index (χ0n) is 16.8. The zero-order chi connectivity index (χ0) is 21.5. The van der Waals surface area contributed by atoms with Gasteiger partial charge in [0.15, 0.2) is 0 Å². The summed E-state index contributed by atoms with van der Waals surface area (Å²) < 4.78 is 15.2. The standard InChI is InChI=1S/C22H19ClFN5OS/c1-14-16-13-19(31-22(16)29(26-14)18-5-3-2-4-17(18)23)21(30)28-10-8-27(9-11-28)15-6-7-25-20(24)12-15/h2-7,12-13H,8-11H2,1H3. The maximum absolute atomic E-state index is 13.4. The number of nitrogens with zero attached hydrogens (tertiary/aromatic N) is 5. The van der Waals surface area contributed by atoms with E-state index in [-0.39, 0.29) is 5.91 Å². The minimum absolute atomic E-state index is 0.00636. The van der Waals surface area contributed by atoms with Crippen molar-refractivity contribution in [2.24, 2.45) is 0 Å². The molecule has 1 fully saturated rings. The summed E-state index contributed by atoms with van der Waals surface area (Å²) in [5, 5.41) is 6.19. The first-order valence-electron chi connectivity index (χ1n) is 9.91. The first-order chi connectivity index (χ1) is 15.0. The van der Waals surface area contributed by atoms with Crippen molar-refractivity contribution in [2.75, 3.05) is 31.1 Å². The van der Waals surface area contributed by atoms with Gasteiger partial charge >= 0.3 is 0 Å². The van der Waals surface area contributed by atoms with Crippen LogP contribution < -0.4 is 4.90 Å². The van der Waals surface area contributed by atoms with Crippen LogP contribution in [0.4, 0.5) is 10.1 Å². The predicted octanol–water partition coefficient (Wildman–Crippen LogP) is 4.55. The number of rotatable bonds is 3. The molecule has 158 valence electrons. The molecule has 0 unspecified atom stereocenters. The number of halogens is 2. The number of thiophene rings is 1. The van der Waals surface area contributed by atoms with E-state index in [1.807, 2.05) is 46.8 Å². The van der Waals surface area contributed by atoms with Gasteiger partial charge in [0.2, 0.25) is 5.95 Å². The average molecular weight is 456 g/mol. The molecule has 4 aromatic rings. The molecule has 0 atom stereocenters. The molecule has 1 aromatic carbocycles. The van der Waals surface area contributed by atoms with E-state index in [1.54, 1.807) is 6.07 Å². The Morgan fingerprint density at radius 2 is 1.90 bits per heavy atom. The number of pyridine rings is 1. The van der Waals surface area contributed by atoms with Gasteiger partial charge in [-0.3, -0.25) is 4.79 Å². The van der Waals surface area contributed by atoms with Crippen molar-refractivity contribution in [1.82, 2.24) is 19.7 Å². The van der Waals surface area contributed by atoms with Crippen molar-refractivity contribution in [1.29, 1.82) is 0 Å². The molecule has 31 heavy (non-hydrogen) atoms. The molecule has 0 bridgehead atoms. The van der Waals surface area contributed by atoms with Gasteiger partial charge in [0, 0.05) is 49.5 Å². The molecule has 6 nitrogen and oxygen atoms in total. The molecule has 0 aliphatic carbocycles. The highest BCUT2D eigenvalue weighted by Gasteiger charge is 2.25. The van der Waals surface area contributed by atoms with Crippen LogP contribution >= 0.6 is 22.9 Å². The van der Waals surface area contributed by atoms with Crippen LogP contribution in [0, 0.1) is 12.9 Å². The molecule has 9 heteroatoms. The van der Waals surface area contributed by atoms with E-state index in [4.69, 9.17) is 11.6 Å². The third-order valence-corrected chi connectivity index (χ3v) is 6.90. The number of hydrogen-bond donors (Lipinski definition) is 0. The highest BCUT2D eigenvalue weighted by atomic mass is 35.5. The Balaban J connectivity index is 1.37. The summed E-state index contributed by atoms with van der Waals surface area (Å²) >= 11 is 7.80. The van der Waals surface area contributed by atoms with E-state index in [0.29, 0.717) is 36.1 Å². The monoisotopic (exact) mass is 455 g/mol. The molecule has 3 aromatic heterocycles. The summed E-state index contributed by atoms with van der Waals surface area (Å²) in [5.74, 6) is -0.490. The Kier molecular flexibility index (Phi) is 5.11. The number of aromatic nitrogens is 3. The fourth-order valence-corrected chi connectivity index (χ4v) is 5.21. The van der Waals surface area contributed by atoms with E-state index >= 15 is 0 Å². The lowest BCUT2D eigenvalue weighted by Gasteiger charge is -2.35. The normalized spacial score (nSPS) is 14.4. The molecule has 1 saturated heterocycles. The molecular formula is C22H19ClFN5OS. The quantitative estimate of drug-likeness (QED) is 0.425. The van der Waals surface area contributed by atoms with Crippen LogP contribution in [0.2, 0.25) is 5.02 Å². The number of aryl methyl sites for hydroxylation is 1. The topological polar surface area (TPSA) is 54.3 Å². The third kappa shape index (κ3) is 3.66. The summed E-state index contributed by atoms with van der Waals surface area (Å²) in [6, 6.07) is 12.7. The molecular weight excluding hydrogens is 437 g/mol. The molecule has 4 heterocycles. The lowest BCUT2D eigenvalue weighted by atomic mass is 10.2. The first-order valence-corrected chi connectivity index (χ1v) is 11.1. The average Bonchev–Trinajstić information content (AvgIpc) is 3.34. The van der Waals surface area contributed by atoms with Crippen molar-refractivity contribution < 1.29 is 9.18 Å². The smallest absolute Gasteiger partial charge is 0.264 e. The second kappa shape index (κ2) is 7.94. The van der Waals surface area contributed by atoms with Gasteiger partial charge in [0.1, 0.15) is 4.83 Å². The molecule has 0 saturated carbocycles. The summed E-state index contributed by atoms with van der Waals surface area (Å²) in [7, 11) is 0. The number of carbonyl (C=O) groups is 1. The minimum Gasteiger partial charge on any atom is -0.368 e. The van der Waals surface area contributed by atoms with Gasteiger partial charge in [0.05, 0.1) is 21.3 Å². The lowest BCUT2D eigenvalue weighted by Crippen LogP contribution is -2.48. The van der Waals surface area contributed by atoms with Gasteiger partial charge in [-0.15, -0.1) is 11.3 Å². The largest absolute Gasteiger partial charge is 0.368 e. The second-order valence-corrected chi connectivity index (χ2v) is 8.83. The van der Waals surface area contributed by atoms with Crippen LogP contribution in [0.1, 0.15) is 15.4 Å². The Bertz CT molecular complexity index is 1280. The summed E-state index contributed by atoms with van der Waals surface area (Å²) in [4.78, 5) is 22.3. The van der Waals surface area contributed by atoms with Crippen molar-refractivity contribution in [2.45, 2.75) is 6.92 Å². The summed E-state index contributed by atoms with van der Waals surface area (Å²) in [5.41, 5.74) is 2.44. The molecule has 0 spiro atoms. The molecule has 0 N–H and O–H groups in total. The molecule has 1 amide bonds. The Hall–Kier alpha value is -2.97. The van der Waals surface area contributed by atoms with E-state index in [9.17, 15) is 9.18 Å². The first kappa shape index (κ1) is 20.0. The van der Waals surface area contributed by atoms with Gasteiger partial charge in [-0.1, -0.05) is 23.7 Å². The van der Waals surface area contributed by atoms with Crippen LogP contribution in [-0.4, -0.2) is 51.8 Å². The third-order valence-electron chi connectivity index (χ3n) is 5.48. The van der Waals surface area contributed by atoms with Crippen molar-refractivity contribution >= 4 is 44.7 Å². The molecule has 1 aliphatic heterocycles. The van der Waals surface area contributed by atoms with Crippen molar-refractivity contribution in [3.8, 4) is 5.69 Å². The fraction of sp³-hybridized carbons (Fsp3) is 0.227. The summed E-state index contributed by atoms with van der Waals surface area (Å²) in [6.45, 7) is 4.38. The number of anilines is 1. The number of piperazine rings is 1. The maximum Gasteiger partial charge on any atom is 0.264 e. The minimum atomic E-state index is -0.496. The lowest BCUT2D eigenvalue weighted by molar-refractivity contribution is 0.0751. The zero-order valence-corrected chi connectivity index (χ0v) is 18.3. The SMILES string of the molecule is Cc1nn(-c2ccccc2Cl)c2sc(C(=O)N3CCN(c4ccnc(F)c4)CC3)cc12. The van der Waals surface area contributed by atoms with Crippen LogP contribution in [0.5, 0.6) is 0 Å². The Morgan fingerprint density at radius 1 is 1.13 bits per heavy atom. The second-order valence-electron chi connectivity index (χ2n) is 7.39. The van der Waals surface area contributed by atoms with Gasteiger partial charge in [-0.05, 0) is 31.2 Å². The predicted molar refractivity (Wildman–Crippen MR) is 121 cm³/mol. The number of amides is 1. The van der Waals surface area contributed by atoms with Crippen LogP contribution in [0.25, 0.3) is 15.9 Å². The maximum atomic E-state index is 13.4. The number of fused-ring (bicyclic) bond motifs is 1. The Morgan fingerprint density at radius 3 is 2.65 bits per heavy atom. The van der Waals surface area contributed by atoms with Crippen LogP contribution in [-0.2, 0) is 0 Å². The Labute approximate surface area is 187 Å². The molecule has 5 rings (SSSR count). The van der Waals surface area contributed by atoms with Crippen molar-refractivity contribution in [3.05, 3.63) is 70.2 Å². The van der Waals surface area contributed by atoms with Crippen LogP contribution in [0.15, 0.2) is 48.7 Å². The van der Waals surface area contributed by atoms with Crippen LogP contribution in [0.3, 0.4) is 0 Å². The number of para-hydroxylation sites is 1. The van der Waals surface area contributed by atoms with Crippen molar-refractivity contribution in [3.63, 3.8) is 0 Å². The fourth-order valence-electron chi connectivity index (χ4n) is 3.85. The van der Waals surface area contributed by atoms with E-state index in [2.05, 4.69) is 15.0 Å². The van der Waals surface area contributed by atoms with Gasteiger partial charge in [-0.25, -0.2) is 9.67 Å². The van der Waals surface area contributed by atoms with Gasteiger partial charge in [-0.2, -0.15) is 9.49 Å². The molecule has 1 aliphatic rings. The van der Waals surface area contributed by atoms with E-state index in [0.717, 1.165) is 27.3 Å². The number of hydrogen-bond acceptors (Lipinski definition) is 5. The highest BCUT2D eigenvalue weighted by Crippen LogP contribution is 2.33. The van der Waals surface area contributed by atoms with Gasteiger partial charge < -0.3 is 9.80 Å². The number of carbonyl (C=O) groups excluding carboxylic acids is 1. The van der Waals surface area contributed by atoms with E-state index < -0.39 is 5.95 Å². The van der Waals surface area contributed by atoms with Gasteiger partial charge in [0.25, 0.3) is 5.91 Å². The summed E-state index contributed by atoms with van der Waals surface area (Å²) in [6.07, 6.45) is 1.46. The molecule has 0 radical (unpaired) electrons. The highest BCUT2D eigenvalue weighted by molar-refractivity contribution is 7.20. The van der Waals surface area contributed by atoms with E-state index in [1.165, 1.54) is 23.6 Å².